The van der Waals surface area contributed by atoms with Crippen LogP contribution in [0.2, 0.25) is 0 Å². The van der Waals surface area contributed by atoms with Crippen LogP contribution in [0.1, 0.15) is 16.7 Å². The summed E-state index contributed by atoms with van der Waals surface area (Å²) in [4.78, 5) is 19.2. The molecule has 11 rings (SSSR count). The summed E-state index contributed by atoms with van der Waals surface area (Å²) in [5.41, 5.74) is 14.5. The van der Waals surface area contributed by atoms with Crippen molar-refractivity contribution in [2.24, 2.45) is 0 Å². The van der Waals surface area contributed by atoms with Crippen LogP contribution in [0.3, 0.4) is 0 Å². The van der Waals surface area contributed by atoms with Crippen LogP contribution in [0.4, 0.5) is 0 Å². The lowest BCUT2D eigenvalue weighted by molar-refractivity contribution is 1.13. The molecule has 4 heteroatoms. The van der Waals surface area contributed by atoms with Crippen molar-refractivity contribution >= 4 is 49.0 Å². The van der Waals surface area contributed by atoms with Gasteiger partial charge in [0.25, 0.3) is 5.56 Å². The summed E-state index contributed by atoms with van der Waals surface area (Å²) in [6.07, 6.45) is 0. The molecule has 0 unspecified atom stereocenters. The van der Waals surface area contributed by atoms with Crippen LogP contribution in [0.5, 0.6) is 0 Å². The van der Waals surface area contributed by atoms with E-state index in [9.17, 15) is 4.79 Å². The molecule has 0 radical (unpaired) electrons. The lowest BCUT2D eigenvalue weighted by atomic mass is 9.92. The molecular weight excluding hydrogens is 695 g/mol. The van der Waals surface area contributed by atoms with E-state index in [-0.39, 0.29) is 5.56 Å². The zero-order valence-electron chi connectivity index (χ0n) is 32.1. The molecule has 57 heavy (non-hydrogen) atoms. The van der Waals surface area contributed by atoms with Gasteiger partial charge in [-0.3, -0.25) is 9.20 Å². The summed E-state index contributed by atoms with van der Waals surface area (Å²) in [5.74, 6) is 0.661. The van der Waals surface area contributed by atoms with E-state index >= 15 is 0 Å². The Kier molecular flexibility index (Phi) is 8.27. The highest BCUT2D eigenvalue weighted by molar-refractivity contribution is 6.14. The van der Waals surface area contributed by atoms with Crippen molar-refractivity contribution < 1.29 is 0 Å². The van der Waals surface area contributed by atoms with Crippen molar-refractivity contribution in [3.05, 3.63) is 209 Å². The summed E-state index contributed by atoms with van der Waals surface area (Å²) in [7, 11) is 0. The standard InChI is InChI=1S/C46H31N3O.C7H8/c1-28-12-6-7-15-34(28)38-24-31(21-20-29(38)2)32-22-23-43-39(25-32)36-17-10-11-19-42(36)48(43)33-26-40-35-16-8-9-18-37(35)46(50)49-44(40)41(27-33)47-45(49)30-13-4-3-5-14-30;1-7-5-3-2-4-6-7/h3-27H,1-2H3;2-6H,1H3. The van der Waals surface area contributed by atoms with Gasteiger partial charge in [0.05, 0.1) is 22.1 Å². The molecular formula is C53H39N3O. The highest BCUT2D eigenvalue weighted by Gasteiger charge is 2.21. The van der Waals surface area contributed by atoms with Crippen LogP contribution in [0.15, 0.2) is 187 Å². The molecule has 0 N–H and O–H groups in total. The number of para-hydroxylation sites is 1. The van der Waals surface area contributed by atoms with E-state index < -0.39 is 0 Å². The molecule has 0 fully saturated rings. The second-order valence-corrected chi connectivity index (χ2v) is 14.9. The van der Waals surface area contributed by atoms with Crippen LogP contribution in [-0.2, 0) is 0 Å². The SMILES string of the molecule is Cc1ccccc1.Cc1ccccc1-c1cc(-c2ccc3c(c2)c2ccccc2n3-c2cc3nc(-c4ccccc4)n4c(=O)c5ccccc5c(c2)c34)ccc1C. The third-order valence-electron chi connectivity index (χ3n) is 11.3. The van der Waals surface area contributed by atoms with Crippen molar-refractivity contribution in [2.75, 3.05) is 0 Å². The topological polar surface area (TPSA) is 39.3 Å². The molecule has 0 amide bonds. The molecule has 0 saturated heterocycles. The number of hydrogen-bond donors (Lipinski definition) is 0. The zero-order chi connectivity index (χ0) is 38.6. The van der Waals surface area contributed by atoms with Crippen molar-refractivity contribution in [3.8, 4) is 39.3 Å². The Labute approximate surface area is 330 Å². The van der Waals surface area contributed by atoms with E-state index in [1.54, 1.807) is 4.40 Å². The van der Waals surface area contributed by atoms with Gasteiger partial charge < -0.3 is 4.57 Å². The van der Waals surface area contributed by atoms with Crippen LogP contribution in [0.25, 0.3) is 88.3 Å². The van der Waals surface area contributed by atoms with Gasteiger partial charge in [-0.15, -0.1) is 0 Å². The minimum atomic E-state index is -0.0479. The molecule has 3 aromatic heterocycles. The number of pyridine rings is 1. The van der Waals surface area contributed by atoms with Gasteiger partial charge >= 0.3 is 0 Å². The smallest absolute Gasteiger partial charge is 0.264 e. The summed E-state index contributed by atoms with van der Waals surface area (Å²) >= 11 is 0. The average Bonchev–Trinajstić information content (AvgIpc) is 3.80. The first-order valence-electron chi connectivity index (χ1n) is 19.4. The van der Waals surface area contributed by atoms with Gasteiger partial charge in [-0.05, 0) is 102 Å². The predicted molar refractivity (Wildman–Crippen MR) is 239 cm³/mol. The van der Waals surface area contributed by atoms with E-state index in [4.69, 9.17) is 4.98 Å². The number of rotatable bonds is 4. The molecule has 0 aliphatic rings. The zero-order valence-corrected chi connectivity index (χ0v) is 32.1. The van der Waals surface area contributed by atoms with Gasteiger partial charge in [0.1, 0.15) is 5.82 Å². The first-order chi connectivity index (χ1) is 27.9. The van der Waals surface area contributed by atoms with Crippen LogP contribution >= 0.6 is 0 Å². The number of imidazole rings is 1. The van der Waals surface area contributed by atoms with Crippen LogP contribution < -0.4 is 5.56 Å². The number of fused-ring (bicyclic) bond motifs is 5. The van der Waals surface area contributed by atoms with E-state index in [0.29, 0.717) is 11.2 Å². The van der Waals surface area contributed by atoms with Crippen molar-refractivity contribution in [1.82, 2.24) is 14.0 Å². The molecule has 0 saturated carbocycles. The highest BCUT2D eigenvalue weighted by atomic mass is 16.1. The first-order valence-corrected chi connectivity index (χ1v) is 19.4. The summed E-state index contributed by atoms with van der Waals surface area (Å²) in [5, 5.41) is 5.01. The Morgan fingerprint density at radius 3 is 1.81 bits per heavy atom. The summed E-state index contributed by atoms with van der Waals surface area (Å²) < 4.78 is 4.15. The van der Waals surface area contributed by atoms with E-state index in [0.717, 1.165) is 44.1 Å². The monoisotopic (exact) mass is 733 g/mol. The van der Waals surface area contributed by atoms with Gasteiger partial charge in [-0.2, -0.15) is 0 Å². The molecule has 8 aromatic carbocycles. The maximum atomic E-state index is 14.0. The first kappa shape index (κ1) is 34.2. The molecule has 272 valence electrons. The van der Waals surface area contributed by atoms with E-state index in [1.165, 1.54) is 49.7 Å². The fourth-order valence-corrected chi connectivity index (χ4v) is 8.46. The maximum Gasteiger partial charge on any atom is 0.264 e. The van der Waals surface area contributed by atoms with Gasteiger partial charge in [-0.25, -0.2) is 4.98 Å². The third kappa shape index (κ3) is 5.77. The second-order valence-electron chi connectivity index (χ2n) is 14.9. The Balaban J connectivity index is 0.000000514. The molecule has 0 atom stereocenters. The quantitative estimate of drug-likeness (QED) is 0.169. The van der Waals surface area contributed by atoms with Crippen LogP contribution in [-0.4, -0.2) is 14.0 Å². The predicted octanol–water partition coefficient (Wildman–Crippen LogP) is 13.1. The number of hydrogen-bond acceptors (Lipinski definition) is 2. The number of aryl methyl sites for hydroxylation is 3. The molecule has 0 aliphatic heterocycles. The normalized spacial score (nSPS) is 11.5. The fraction of sp³-hybridized carbons (Fsp3) is 0.0566. The second kappa shape index (κ2) is 13.8. The highest BCUT2D eigenvalue weighted by Crippen LogP contribution is 2.39. The lowest BCUT2D eigenvalue weighted by Gasteiger charge is -2.13. The minimum Gasteiger partial charge on any atom is -0.309 e. The minimum absolute atomic E-state index is 0.0479. The fourth-order valence-electron chi connectivity index (χ4n) is 8.46. The molecule has 0 aliphatic carbocycles. The Bertz CT molecular complexity index is 3340. The van der Waals surface area contributed by atoms with Crippen molar-refractivity contribution in [1.29, 1.82) is 0 Å². The molecule has 3 heterocycles. The molecule has 11 aromatic rings. The number of benzene rings is 8. The third-order valence-corrected chi connectivity index (χ3v) is 11.3. The van der Waals surface area contributed by atoms with E-state index in [2.05, 4.69) is 141 Å². The lowest BCUT2D eigenvalue weighted by Crippen LogP contribution is -2.14. The molecule has 0 bridgehead atoms. The van der Waals surface area contributed by atoms with Gasteiger partial charge in [-0.1, -0.05) is 145 Å². The Morgan fingerprint density at radius 2 is 1.05 bits per heavy atom. The average molecular weight is 734 g/mol. The van der Waals surface area contributed by atoms with E-state index in [1.807, 2.05) is 66.7 Å². The van der Waals surface area contributed by atoms with Gasteiger partial charge in [0.2, 0.25) is 0 Å². The largest absolute Gasteiger partial charge is 0.309 e. The maximum absolute atomic E-state index is 14.0. The number of aromatic nitrogens is 3. The Hall–Kier alpha value is -7.30. The van der Waals surface area contributed by atoms with Crippen molar-refractivity contribution in [2.45, 2.75) is 20.8 Å². The molecule has 4 nitrogen and oxygen atoms in total. The van der Waals surface area contributed by atoms with Gasteiger partial charge in [0.15, 0.2) is 0 Å². The van der Waals surface area contributed by atoms with Crippen LogP contribution in [0, 0.1) is 20.8 Å². The summed E-state index contributed by atoms with van der Waals surface area (Å²) in [6.45, 7) is 6.45. The van der Waals surface area contributed by atoms with Crippen molar-refractivity contribution in [3.63, 3.8) is 0 Å². The molecule has 0 spiro atoms. The number of nitrogens with zero attached hydrogens (tertiary/aromatic N) is 3. The summed E-state index contributed by atoms with van der Waals surface area (Å²) in [6, 6.07) is 63.4. The van der Waals surface area contributed by atoms with Gasteiger partial charge in [0, 0.05) is 32.8 Å². The Morgan fingerprint density at radius 1 is 0.439 bits per heavy atom.